The van der Waals surface area contributed by atoms with Gasteiger partial charge in [0.15, 0.2) is 5.16 Å². The number of rotatable bonds is 2. The second kappa shape index (κ2) is 6.14. The molecule has 5 nitrogen and oxygen atoms in total. The van der Waals surface area contributed by atoms with Gasteiger partial charge >= 0.3 is 0 Å². The van der Waals surface area contributed by atoms with Crippen molar-refractivity contribution in [3.05, 3.63) is 51.4 Å². The highest BCUT2D eigenvalue weighted by Gasteiger charge is 2.27. The number of nitrogens with one attached hydrogen (secondary N) is 1. The van der Waals surface area contributed by atoms with Crippen LogP contribution in [0, 0.1) is 12.8 Å². The first kappa shape index (κ1) is 15.1. The Morgan fingerprint density at radius 3 is 3.00 bits per heavy atom. The highest BCUT2D eigenvalue weighted by atomic mass is 35.5. The Labute approximate surface area is 136 Å². The maximum atomic E-state index is 12.4. The number of benzene rings is 1. The molecule has 2 aromatic rings. The Balaban J connectivity index is 1.80. The number of fused-ring (bicyclic) bond motifs is 1. The quantitative estimate of drug-likeness (QED) is 0.857. The number of hydrogen-bond donors (Lipinski definition) is 1. The summed E-state index contributed by atoms with van der Waals surface area (Å²) < 4.78 is 1.57. The number of aryl methyl sites for hydroxylation is 1. The van der Waals surface area contributed by atoms with Crippen LogP contribution < -0.4 is 10.9 Å². The van der Waals surface area contributed by atoms with E-state index in [4.69, 9.17) is 11.6 Å². The van der Waals surface area contributed by atoms with Crippen molar-refractivity contribution in [3.63, 3.8) is 0 Å². The lowest BCUT2D eigenvalue weighted by atomic mass is 10.1. The van der Waals surface area contributed by atoms with Gasteiger partial charge in [-0.1, -0.05) is 35.5 Å². The number of anilines is 1. The van der Waals surface area contributed by atoms with Gasteiger partial charge in [-0.3, -0.25) is 14.2 Å². The molecule has 1 N–H and O–H groups in total. The fourth-order valence-corrected chi connectivity index (χ4v) is 3.49. The molecule has 1 amide bonds. The lowest BCUT2D eigenvalue weighted by Gasteiger charge is -2.24. The zero-order valence-corrected chi connectivity index (χ0v) is 13.4. The highest BCUT2D eigenvalue weighted by Crippen LogP contribution is 2.27. The minimum Gasteiger partial charge on any atom is -0.324 e. The van der Waals surface area contributed by atoms with Crippen molar-refractivity contribution in [2.75, 3.05) is 11.1 Å². The largest absolute Gasteiger partial charge is 0.324 e. The van der Waals surface area contributed by atoms with Gasteiger partial charge < -0.3 is 5.32 Å². The smallest absolute Gasteiger partial charge is 0.257 e. The number of aromatic nitrogens is 2. The monoisotopic (exact) mass is 335 g/mol. The molecule has 22 heavy (non-hydrogen) atoms. The summed E-state index contributed by atoms with van der Waals surface area (Å²) in [4.78, 5) is 28.8. The van der Waals surface area contributed by atoms with E-state index in [1.165, 1.54) is 11.8 Å². The average molecular weight is 336 g/mol. The zero-order valence-electron chi connectivity index (χ0n) is 11.9. The van der Waals surface area contributed by atoms with Crippen molar-refractivity contribution in [2.24, 2.45) is 5.92 Å². The minimum atomic E-state index is -0.296. The molecular weight excluding hydrogens is 322 g/mol. The van der Waals surface area contributed by atoms with Gasteiger partial charge in [-0.05, 0) is 19.1 Å². The van der Waals surface area contributed by atoms with Crippen molar-refractivity contribution >= 4 is 35.0 Å². The molecule has 114 valence electrons. The summed E-state index contributed by atoms with van der Waals surface area (Å²) in [6.07, 6.45) is 1.57. The van der Waals surface area contributed by atoms with E-state index >= 15 is 0 Å². The summed E-state index contributed by atoms with van der Waals surface area (Å²) in [6, 6.07) is 7.09. The fourth-order valence-electron chi connectivity index (χ4n) is 2.26. The first-order chi connectivity index (χ1) is 10.6. The van der Waals surface area contributed by atoms with Crippen molar-refractivity contribution < 1.29 is 4.79 Å². The lowest BCUT2D eigenvalue weighted by molar-refractivity contribution is -0.119. The SMILES string of the molecule is Cc1cnc2n(c1=O)C[C@@H](C(=O)Nc1ccccc1Cl)CS2. The summed E-state index contributed by atoms with van der Waals surface area (Å²) in [5.41, 5.74) is 1.07. The van der Waals surface area contributed by atoms with E-state index in [9.17, 15) is 9.59 Å². The number of hydrogen-bond acceptors (Lipinski definition) is 4. The van der Waals surface area contributed by atoms with Crippen LogP contribution >= 0.6 is 23.4 Å². The Morgan fingerprint density at radius 1 is 1.45 bits per heavy atom. The summed E-state index contributed by atoms with van der Waals surface area (Å²) in [5, 5.41) is 3.98. The van der Waals surface area contributed by atoms with E-state index < -0.39 is 0 Å². The maximum absolute atomic E-state index is 12.4. The van der Waals surface area contributed by atoms with Gasteiger partial charge in [-0.2, -0.15) is 0 Å². The first-order valence-corrected chi connectivity index (χ1v) is 8.17. The molecule has 0 spiro atoms. The van der Waals surface area contributed by atoms with Gasteiger partial charge in [0.2, 0.25) is 5.91 Å². The molecule has 1 atom stereocenters. The van der Waals surface area contributed by atoms with Gasteiger partial charge in [0.1, 0.15) is 0 Å². The van der Waals surface area contributed by atoms with Crippen LogP contribution in [0.15, 0.2) is 40.4 Å². The number of thioether (sulfide) groups is 1. The van der Waals surface area contributed by atoms with E-state index in [1.54, 1.807) is 35.9 Å². The zero-order chi connectivity index (χ0) is 15.7. The number of carbonyl (C=O) groups excluding carboxylic acids is 1. The van der Waals surface area contributed by atoms with Crippen LogP contribution in [-0.4, -0.2) is 21.2 Å². The molecular formula is C15H14ClN3O2S. The highest BCUT2D eigenvalue weighted by molar-refractivity contribution is 7.99. The van der Waals surface area contributed by atoms with Gasteiger partial charge in [0.05, 0.1) is 16.6 Å². The number of para-hydroxylation sites is 1. The molecule has 0 saturated heterocycles. The van der Waals surface area contributed by atoms with E-state index in [0.717, 1.165) is 0 Å². The molecule has 1 aromatic heterocycles. The Hall–Kier alpha value is -1.79. The second-order valence-corrected chi connectivity index (χ2v) is 6.51. The maximum Gasteiger partial charge on any atom is 0.257 e. The van der Waals surface area contributed by atoms with Crippen molar-refractivity contribution in [1.29, 1.82) is 0 Å². The van der Waals surface area contributed by atoms with Crippen LogP contribution in [0.2, 0.25) is 5.02 Å². The fraction of sp³-hybridized carbons (Fsp3) is 0.267. The predicted octanol–water partition coefficient (Wildman–Crippen LogP) is 2.57. The van der Waals surface area contributed by atoms with Gasteiger partial charge in [-0.15, -0.1) is 0 Å². The van der Waals surface area contributed by atoms with Crippen LogP contribution in [0.25, 0.3) is 0 Å². The molecule has 0 radical (unpaired) electrons. The van der Waals surface area contributed by atoms with Crippen molar-refractivity contribution in [2.45, 2.75) is 18.6 Å². The van der Waals surface area contributed by atoms with E-state index in [-0.39, 0.29) is 17.4 Å². The summed E-state index contributed by atoms with van der Waals surface area (Å²) in [5.74, 6) is 0.154. The van der Waals surface area contributed by atoms with Crippen molar-refractivity contribution in [3.8, 4) is 0 Å². The molecule has 3 rings (SSSR count). The Kier molecular flexibility index (Phi) is 4.22. The minimum absolute atomic E-state index is 0.0901. The molecule has 0 fully saturated rings. The second-order valence-electron chi connectivity index (χ2n) is 5.12. The van der Waals surface area contributed by atoms with E-state index in [0.29, 0.717) is 33.7 Å². The molecule has 0 unspecified atom stereocenters. The summed E-state index contributed by atoms with van der Waals surface area (Å²) in [6.45, 7) is 2.06. The molecule has 1 aromatic carbocycles. The Bertz CT molecular complexity index is 791. The number of nitrogens with zero attached hydrogens (tertiary/aromatic N) is 2. The number of amides is 1. The summed E-state index contributed by atoms with van der Waals surface area (Å²) in [7, 11) is 0. The number of carbonyl (C=O) groups is 1. The van der Waals surface area contributed by atoms with Crippen LogP contribution in [-0.2, 0) is 11.3 Å². The third kappa shape index (κ3) is 2.89. The van der Waals surface area contributed by atoms with E-state index in [1.807, 2.05) is 6.07 Å². The lowest BCUT2D eigenvalue weighted by Crippen LogP contribution is -2.37. The van der Waals surface area contributed by atoms with Crippen molar-refractivity contribution in [1.82, 2.24) is 9.55 Å². The van der Waals surface area contributed by atoms with Gasteiger partial charge in [0.25, 0.3) is 5.56 Å². The molecule has 0 saturated carbocycles. The van der Waals surface area contributed by atoms with Gasteiger partial charge in [-0.25, -0.2) is 4.98 Å². The van der Waals surface area contributed by atoms with Crippen LogP contribution in [0.3, 0.4) is 0 Å². The third-order valence-electron chi connectivity index (χ3n) is 3.50. The third-order valence-corrected chi connectivity index (χ3v) is 4.98. The molecule has 0 bridgehead atoms. The van der Waals surface area contributed by atoms with Crippen LogP contribution in [0.5, 0.6) is 0 Å². The topological polar surface area (TPSA) is 64.0 Å². The average Bonchev–Trinajstić information content (AvgIpc) is 2.53. The predicted molar refractivity (Wildman–Crippen MR) is 87.5 cm³/mol. The number of halogens is 1. The first-order valence-electron chi connectivity index (χ1n) is 6.81. The van der Waals surface area contributed by atoms with Crippen LogP contribution in [0.4, 0.5) is 5.69 Å². The molecule has 7 heteroatoms. The van der Waals surface area contributed by atoms with E-state index in [2.05, 4.69) is 10.3 Å². The Morgan fingerprint density at radius 2 is 2.23 bits per heavy atom. The standard InChI is InChI=1S/C15H14ClN3O2S/c1-9-6-17-15-19(14(9)21)7-10(8-22-15)13(20)18-12-5-3-2-4-11(12)16/h2-6,10H,7-8H2,1H3,(H,18,20)/t10-/m1/s1. The molecule has 1 aliphatic rings. The summed E-state index contributed by atoms with van der Waals surface area (Å²) >= 11 is 7.47. The van der Waals surface area contributed by atoms with Gasteiger partial charge in [0, 0.05) is 24.1 Å². The normalized spacial score (nSPS) is 16.9. The van der Waals surface area contributed by atoms with Crippen LogP contribution in [0.1, 0.15) is 5.56 Å². The molecule has 0 aliphatic carbocycles. The molecule has 2 heterocycles. The molecule has 1 aliphatic heterocycles.